The summed E-state index contributed by atoms with van der Waals surface area (Å²) in [6.45, 7) is 14.6. The molecule has 0 spiro atoms. The van der Waals surface area contributed by atoms with Crippen molar-refractivity contribution in [2.75, 3.05) is 15.1 Å². The van der Waals surface area contributed by atoms with Gasteiger partial charge in [0.25, 0.3) is 0 Å². The van der Waals surface area contributed by atoms with Gasteiger partial charge in [0.1, 0.15) is 0 Å². The highest BCUT2D eigenvalue weighted by molar-refractivity contribution is 6.73. The third-order valence-electron chi connectivity index (χ3n) is 16.9. The minimum Gasteiger partial charge on any atom is -0.355 e. The molecule has 0 atom stereocenters. The van der Waals surface area contributed by atoms with Crippen molar-refractivity contribution in [2.45, 2.75) is 70.6 Å². The Hall–Kier alpha value is -8.34. The van der Waals surface area contributed by atoms with Gasteiger partial charge in [0.2, 0.25) is 0 Å². The first-order valence-corrected chi connectivity index (χ1v) is 26.8. The van der Waals surface area contributed by atoms with Crippen LogP contribution in [0.1, 0.15) is 76.6 Å². The molecule has 1 heterocycles. The summed E-state index contributed by atoms with van der Waals surface area (Å²) in [6.07, 6.45) is 2.32. The van der Waals surface area contributed by atoms with Gasteiger partial charge in [0.05, 0.1) is 0 Å². The molecule has 0 unspecified atom stereocenters. The summed E-state index contributed by atoms with van der Waals surface area (Å²) in [5.41, 5.74) is 27.0. The molecule has 1 N–H and O–H groups in total. The maximum Gasteiger partial charge on any atom is 0.198 e. The number of fused-ring (bicyclic) bond motifs is 6. The Morgan fingerprint density at radius 2 is 0.987 bits per heavy atom. The zero-order valence-electron chi connectivity index (χ0n) is 44.0. The van der Waals surface area contributed by atoms with E-state index in [-0.39, 0.29) is 16.2 Å². The van der Waals surface area contributed by atoms with E-state index in [0.29, 0.717) is 0 Å². The second-order valence-corrected chi connectivity index (χ2v) is 22.9. The van der Waals surface area contributed by atoms with E-state index in [1.807, 2.05) is 0 Å². The molecule has 10 aromatic carbocycles. The molecule has 0 fully saturated rings. The second-order valence-electron chi connectivity index (χ2n) is 22.9. The van der Waals surface area contributed by atoms with Crippen LogP contribution in [0.15, 0.2) is 231 Å². The minimum atomic E-state index is -0.284. The van der Waals surface area contributed by atoms with Gasteiger partial charge < -0.3 is 15.1 Å². The fourth-order valence-electron chi connectivity index (χ4n) is 12.7. The van der Waals surface area contributed by atoms with E-state index in [9.17, 15) is 0 Å². The second kappa shape index (κ2) is 18.0. The molecule has 0 saturated heterocycles. The number of hydrogen-bond acceptors (Lipinski definition) is 3. The summed E-state index contributed by atoms with van der Waals surface area (Å²) < 4.78 is 0. The molecule has 75 heavy (non-hydrogen) atoms. The average molecular weight is 968 g/mol. The van der Waals surface area contributed by atoms with Gasteiger partial charge in [-0.05, 0) is 169 Å². The number of hydrogen-bond donors (Lipinski definition) is 1. The van der Waals surface area contributed by atoms with Crippen LogP contribution in [0.2, 0.25) is 0 Å². The van der Waals surface area contributed by atoms with E-state index in [1.54, 1.807) is 0 Å². The van der Waals surface area contributed by atoms with Gasteiger partial charge in [-0.3, -0.25) is 0 Å². The molecule has 3 nitrogen and oxygen atoms in total. The predicted molar refractivity (Wildman–Crippen MR) is 321 cm³/mol. The zero-order valence-corrected chi connectivity index (χ0v) is 44.0. The molecule has 13 rings (SSSR count). The molecule has 0 amide bonds. The van der Waals surface area contributed by atoms with Crippen molar-refractivity contribution in [2.24, 2.45) is 0 Å². The summed E-state index contributed by atoms with van der Waals surface area (Å²) in [5, 5.41) is 4.04. The van der Waals surface area contributed by atoms with Crippen molar-refractivity contribution >= 4 is 63.7 Å². The number of anilines is 8. The fraction of sp³-hybridized carbons (Fsp3) is 0.155. The third kappa shape index (κ3) is 7.98. The van der Waals surface area contributed by atoms with Crippen LogP contribution in [0.25, 0.3) is 44.5 Å². The summed E-state index contributed by atoms with van der Waals surface area (Å²) in [6, 6.07) is 85.6. The molecule has 0 saturated carbocycles. The van der Waals surface area contributed by atoms with Crippen LogP contribution >= 0.6 is 0 Å². The van der Waals surface area contributed by atoms with Crippen LogP contribution < -0.4 is 26.0 Å². The lowest BCUT2D eigenvalue weighted by Crippen LogP contribution is -2.42. The van der Waals surface area contributed by atoms with Crippen molar-refractivity contribution in [1.29, 1.82) is 0 Å². The molecule has 0 radical (unpaired) electrons. The van der Waals surface area contributed by atoms with E-state index in [4.69, 9.17) is 0 Å². The van der Waals surface area contributed by atoms with Gasteiger partial charge in [-0.25, -0.2) is 0 Å². The monoisotopic (exact) mass is 968 g/mol. The van der Waals surface area contributed by atoms with Crippen molar-refractivity contribution in [3.63, 3.8) is 0 Å². The molecule has 3 aliphatic rings. The Balaban J connectivity index is 1.11. The largest absolute Gasteiger partial charge is 0.355 e. The lowest BCUT2D eigenvalue weighted by atomic mass is 9.57. The van der Waals surface area contributed by atoms with Gasteiger partial charge in [-0.1, -0.05) is 199 Å². The Kier molecular flexibility index (Phi) is 11.1. The molecule has 10 aromatic rings. The molecule has 364 valence electrons. The predicted octanol–water partition coefficient (Wildman–Crippen LogP) is 17.7. The fourth-order valence-corrected chi connectivity index (χ4v) is 12.7. The number of rotatable bonds is 9. The van der Waals surface area contributed by atoms with Crippen LogP contribution in [-0.4, -0.2) is 7.28 Å². The summed E-state index contributed by atoms with van der Waals surface area (Å²) in [7, 11) is 0.765. The van der Waals surface area contributed by atoms with Crippen LogP contribution in [0.5, 0.6) is 0 Å². The molecule has 2 aliphatic carbocycles. The number of para-hydroxylation sites is 2. The lowest BCUT2D eigenvalue weighted by Gasteiger charge is -2.43. The van der Waals surface area contributed by atoms with Gasteiger partial charge in [0, 0.05) is 56.5 Å². The van der Waals surface area contributed by atoms with Crippen LogP contribution in [-0.2, 0) is 16.2 Å². The maximum absolute atomic E-state index is 4.04. The van der Waals surface area contributed by atoms with Gasteiger partial charge >= 0.3 is 0 Å². The van der Waals surface area contributed by atoms with Crippen LogP contribution in [0, 0.1) is 0 Å². The third-order valence-corrected chi connectivity index (χ3v) is 16.9. The molecular formula is C71H62BN3. The van der Waals surface area contributed by atoms with Crippen molar-refractivity contribution < 1.29 is 0 Å². The van der Waals surface area contributed by atoms with Crippen LogP contribution in [0.4, 0.5) is 45.5 Å². The zero-order chi connectivity index (χ0) is 51.1. The first-order chi connectivity index (χ1) is 36.4. The van der Waals surface area contributed by atoms with E-state index >= 15 is 0 Å². The smallest absolute Gasteiger partial charge is 0.198 e. The molecular weight excluding hydrogens is 906 g/mol. The molecule has 1 aliphatic heterocycles. The number of nitrogens with zero attached hydrogens (tertiary/aromatic N) is 2. The van der Waals surface area contributed by atoms with E-state index in [0.717, 1.165) is 47.7 Å². The van der Waals surface area contributed by atoms with Crippen molar-refractivity contribution in [1.82, 2.24) is 0 Å². The quantitative estimate of drug-likeness (QED) is 0.145. The highest BCUT2D eigenvalue weighted by atomic mass is 15.2. The van der Waals surface area contributed by atoms with Crippen LogP contribution in [0.3, 0.4) is 0 Å². The normalized spacial score (nSPS) is 15.1. The topological polar surface area (TPSA) is 18.5 Å². The van der Waals surface area contributed by atoms with Gasteiger partial charge in [0.15, 0.2) is 7.28 Å². The lowest BCUT2D eigenvalue weighted by molar-refractivity contribution is 0.332. The molecule has 0 aromatic heterocycles. The van der Waals surface area contributed by atoms with Crippen molar-refractivity contribution in [3.05, 3.63) is 253 Å². The first kappa shape index (κ1) is 46.5. The Morgan fingerprint density at radius 1 is 0.413 bits per heavy atom. The highest BCUT2D eigenvalue weighted by Crippen LogP contribution is 2.56. The van der Waals surface area contributed by atoms with Crippen molar-refractivity contribution in [3.8, 4) is 44.5 Å². The van der Waals surface area contributed by atoms with Gasteiger partial charge in [-0.2, -0.15) is 0 Å². The molecule has 4 heteroatoms. The number of benzene rings is 10. The Morgan fingerprint density at radius 3 is 1.65 bits per heavy atom. The average Bonchev–Trinajstić information content (AvgIpc) is 3.68. The first-order valence-electron chi connectivity index (χ1n) is 26.8. The minimum absolute atomic E-state index is 0.0324. The summed E-state index contributed by atoms with van der Waals surface area (Å²) in [4.78, 5) is 5.04. The summed E-state index contributed by atoms with van der Waals surface area (Å²) >= 11 is 0. The van der Waals surface area contributed by atoms with Gasteiger partial charge in [-0.15, -0.1) is 0 Å². The number of nitrogens with one attached hydrogen (secondary N) is 1. The van der Waals surface area contributed by atoms with E-state index in [2.05, 4.69) is 287 Å². The standard InChI is InChI=1S/C71H62BN3/c1-69(2)41-42-70(3,4)60-45-55(36-38-59(60)69)75-64-43-50(48-23-13-8-14-24-48)33-39-62(64)72-68-65(75)46-61-66(56-29-19-20-30-58(56)71(61,5)6)67(68)57-44-54(74(52-25-15-9-16-26-52)53-27-17-10-18-28-53)37-40-63(57)73-51-34-31-49(32-35-51)47-21-11-7-12-22-47/h7-40,43-46,72-73H,41-42H2,1-6H3. The Labute approximate surface area is 444 Å². The summed E-state index contributed by atoms with van der Waals surface area (Å²) in [5.74, 6) is 0. The SMILES string of the molecule is CC1(C)CCC(C)(C)c2cc(N3c4cc(-c5ccccc5)ccc4Bc4c3cc3c(c4-c4cc(N(c5ccccc5)c5ccccc5)ccc4Nc4ccc(-c5ccccc5)cc4)-c4ccccc4C3(C)C)ccc21. The van der Waals surface area contributed by atoms with E-state index in [1.165, 1.54) is 95.6 Å². The van der Waals surface area contributed by atoms with E-state index < -0.39 is 0 Å². The Bertz CT molecular complexity index is 3750. The maximum atomic E-state index is 4.04. The molecule has 0 bridgehead atoms. The highest BCUT2D eigenvalue weighted by Gasteiger charge is 2.42.